The normalized spacial score (nSPS) is 24.7. The second-order valence-corrected chi connectivity index (χ2v) is 3.63. The molecule has 84 valence electrons. The first-order valence-electron chi connectivity index (χ1n) is 5.46. The van der Waals surface area contributed by atoms with Gasteiger partial charge in [0.2, 0.25) is 0 Å². The van der Waals surface area contributed by atoms with Crippen molar-refractivity contribution < 1.29 is 14.4 Å². The number of Topliss-reactive ketones (excluding diaryl/α,β-unsaturated/α-hetero) is 2. The Kier molecular flexibility index (Phi) is 4.46. The van der Waals surface area contributed by atoms with Crippen LogP contribution in [0.25, 0.3) is 0 Å². The quantitative estimate of drug-likeness (QED) is 0.525. The fourth-order valence-electron chi connectivity index (χ4n) is 1.70. The lowest BCUT2D eigenvalue weighted by molar-refractivity contribution is -0.131. The average Bonchev–Trinajstić information content (AvgIpc) is 2.23. The third-order valence-electron chi connectivity index (χ3n) is 2.48. The number of hydrogen-bond donors (Lipinski definition) is 0. The summed E-state index contributed by atoms with van der Waals surface area (Å²) >= 11 is 0. The van der Waals surface area contributed by atoms with Gasteiger partial charge in [0.05, 0.1) is 5.92 Å². The van der Waals surface area contributed by atoms with Crippen LogP contribution < -0.4 is 0 Å². The summed E-state index contributed by atoms with van der Waals surface area (Å²) in [6.07, 6.45) is 2.31. The molecular weight excluding hydrogens is 194 g/mol. The number of nitrogens with zero attached hydrogens (tertiary/aromatic N) is 1. The lowest BCUT2D eigenvalue weighted by Crippen LogP contribution is -2.35. The standard InChI is InChI=1S/C11H17NO3/c1-3-5-8-10(13)7-6-9(11(8)14)12-15-4-2/h8H,3-7H2,1-2H3. The minimum atomic E-state index is -0.469. The molecule has 0 amide bonds. The summed E-state index contributed by atoms with van der Waals surface area (Å²) < 4.78 is 0. The Morgan fingerprint density at radius 2 is 2.07 bits per heavy atom. The minimum absolute atomic E-state index is 0.0531. The van der Waals surface area contributed by atoms with Gasteiger partial charge in [0.25, 0.3) is 0 Å². The van der Waals surface area contributed by atoms with Crippen molar-refractivity contribution in [1.82, 2.24) is 0 Å². The highest BCUT2D eigenvalue weighted by atomic mass is 16.6. The van der Waals surface area contributed by atoms with Crippen molar-refractivity contribution in [2.45, 2.75) is 39.5 Å². The van der Waals surface area contributed by atoms with Crippen LogP contribution in [-0.4, -0.2) is 23.9 Å². The Morgan fingerprint density at radius 3 is 2.67 bits per heavy atom. The molecule has 0 aromatic heterocycles. The predicted molar refractivity (Wildman–Crippen MR) is 56.7 cm³/mol. The predicted octanol–water partition coefficient (Wildman–Crippen LogP) is 1.73. The van der Waals surface area contributed by atoms with Crippen LogP contribution in [0, 0.1) is 5.92 Å². The van der Waals surface area contributed by atoms with E-state index >= 15 is 0 Å². The lowest BCUT2D eigenvalue weighted by Gasteiger charge is -2.19. The van der Waals surface area contributed by atoms with E-state index in [0.29, 0.717) is 31.6 Å². The Labute approximate surface area is 89.7 Å². The molecular formula is C11H17NO3. The summed E-state index contributed by atoms with van der Waals surface area (Å²) in [5, 5.41) is 3.76. The Hall–Kier alpha value is -1.19. The smallest absolute Gasteiger partial charge is 0.190 e. The summed E-state index contributed by atoms with van der Waals surface area (Å²) in [4.78, 5) is 28.2. The number of carbonyl (C=O) groups is 2. The van der Waals surface area contributed by atoms with E-state index in [4.69, 9.17) is 4.84 Å². The molecule has 0 aromatic carbocycles. The molecule has 1 saturated carbocycles. The molecule has 1 unspecified atom stereocenters. The maximum atomic E-state index is 11.8. The number of hydrogen-bond acceptors (Lipinski definition) is 4. The fraction of sp³-hybridized carbons (Fsp3) is 0.727. The van der Waals surface area contributed by atoms with E-state index in [1.54, 1.807) is 0 Å². The largest absolute Gasteiger partial charge is 0.396 e. The molecule has 1 atom stereocenters. The zero-order valence-electron chi connectivity index (χ0n) is 9.28. The Bertz CT molecular complexity index is 284. The van der Waals surface area contributed by atoms with Crippen LogP contribution in [0.2, 0.25) is 0 Å². The first-order chi connectivity index (χ1) is 7.20. The second kappa shape index (κ2) is 5.63. The van der Waals surface area contributed by atoms with Crippen LogP contribution in [0.5, 0.6) is 0 Å². The molecule has 0 spiro atoms. The first kappa shape index (κ1) is 11.9. The molecule has 0 bridgehead atoms. The van der Waals surface area contributed by atoms with Crippen molar-refractivity contribution in [3.63, 3.8) is 0 Å². The van der Waals surface area contributed by atoms with Crippen LogP contribution in [-0.2, 0) is 14.4 Å². The van der Waals surface area contributed by atoms with Crippen molar-refractivity contribution >= 4 is 17.3 Å². The fourth-order valence-corrected chi connectivity index (χ4v) is 1.70. The third kappa shape index (κ3) is 2.88. The van der Waals surface area contributed by atoms with Gasteiger partial charge in [-0.25, -0.2) is 0 Å². The molecule has 1 rings (SSSR count). The van der Waals surface area contributed by atoms with E-state index in [-0.39, 0.29) is 11.6 Å². The van der Waals surface area contributed by atoms with Crippen LogP contribution in [0.3, 0.4) is 0 Å². The highest BCUT2D eigenvalue weighted by Crippen LogP contribution is 2.20. The number of oxime groups is 1. The van der Waals surface area contributed by atoms with Crippen LogP contribution in [0.4, 0.5) is 0 Å². The van der Waals surface area contributed by atoms with Gasteiger partial charge in [-0.2, -0.15) is 0 Å². The summed E-state index contributed by atoms with van der Waals surface area (Å²) in [5.41, 5.74) is 0.426. The van der Waals surface area contributed by atoms with E-state index in [0.717, 1.165) is 6.42 Å². The molecule has 0 aromatic rings. The number of ketones is 2. The van der Waals surface area contributed by atoms with Gasteiger partial charge in [-0.05, 0) is 13.3 Å². The van der Waals surface area contributed by atoms with Crippen LogP contribution in [0.15, 0.2) is 5.16 Å². The zero-order valence-corrected chi connectivity index (χ0v) is 9.28. The zero-order chi connectivity index (χ0) is 11.3. The molecule has 0 saturated heterocycles. The first-order valence-corrected chi connectivity index (χ1v) is 5.46. The maximum absolute atomic E-state index is 11.8. The topological polar surface area (TPSA) is 55.7 Å². The average molecular weight is 211 g/mol. The SMILES string of the molecule is CCCC1C(=O)CCC(=NOCC)C1=O. The van der Waals surface area contributed by atoms with Crippen molar-refractivity contribution in [1.29, 1.82) is 0 Å². The van der Waals surface area contributed by atoms with Crippen molar-refractivity contribution in [2.75, 3.05) is 6.61 Å². The van der Waals surface area contributed by atoms with E-state index < -0.39 is 5.92 Å². The summed E-state index contributed by atoms with van der Waals surface area (Å²) in [6.45, 7) is 4.23. The van der Waals surface area contributed by atoms with Gasteiger partial charge in [-0.1, -0.05) is 18.5 Å². The summed E-state index contributed by atoms with van der Waals surface area (Å²) in [6, 6.07) is 0. The van der Waals surface area contributed by atoms with Crippen molar-refractivity contribution in [2.24, 2.45) is 11.1 Å². The van der Waals surface area contributed by atoms with Gasteiger partial charge in [-0.15, -0.1) is 0 Å². The van der Waals surface area contributed by atoms with E-state index in [9.17, 15) is 9.59 Å². The number of rotatable bonds is 4. The Morgan fingerprint density at radius 1 is 1.33 bits per heavy atom. The molecule has 4 nitrogen and oxygen atoms in total. The lowest BCUT2D eigenvalue weighted by atomic mass is 9.83. The highest BCUT2D eigenvalue weighted by molar-refractivity contribution is 6.45. The van der Waals surface area contributed by atoms with Gasteiger partial charge < -0.3 is 4.84 Å². The van der Waals surface area contributed by atoms with Gasteiger partial charge in [0.1, 0.15) is 18.1 Å². The highest BCUT2D eigenvalue weighted by Gasteiger charge is 2.34. The van der Waals surface area contributed by atoms with E-state index in [1.165, 1.54) is 0 Å². The van der Waals surface area contributed by atoms with E-state index in [1.807, 2.05) is 13.8 Å². The summed E-state index contributed by atoms with van der Waals surface area (Å²) in [7, 11) is 0. The minimum Gasteiger partial charge on any atom is -0.396 e. The van der Waals surface area contributed by atoms with Gasteiger partial charge in [-0.3, -0.25) is 9.59 Å². The van der Waals surface area contributed by atoms with Crippen molar-refractivity contribution in [3.05, 3.63) is 0 Å². The molecule has 4 heteroatoms. The molecule has 1 aliphatic carbocycles. The molecule has 1 aliphatic rings. The summed E-state index contributed by atoms with van der Waals surface area (Å²) in [5.74, 6) is -0.554. The monoisotopic (exact) mass is 211 g/mol. The molecule has 15 heavy (non-hydrogen) atoms. The van der Waals surface area contributed by atoms with Crippen molar-refractivity contribution in [3.8, 4) is 0 Å². The van der Waals surface area contributed by atoms with Gasteiger partial charge >= 0.3 is 0 Å². The molecule has 0 N–H and O–H groups in total. The number of carbonyl (C=O) groups excluding carboxylic acids is 2. The van der Waals surface area contributed by atoms with Crippen LogP contribution >= 0.6 is 0 Å². The third-order valence-corrected chi connectivity index (χ3v) is 2.48. The van der Waals surface area contributed by atoms with Gasteiger partial charge in [0.15, 0.2) is 5.78 Å². The molecule has 0 aliphatic heterocycles. The molecule has 0 heterocycles. The van der Waals surface area contributed by atoms with Gasteiger partial charge in [0, 0.05) is 12.8 Å². The molecule has 0 radical (unpaired) electrons. The maximum Gasteiger partial charge on any atom is 0.190 e. The Balaban J connectivity index is 2.72. The van der Waals surface area contributed by atoms with E-state index in [2.05, 4.69) is 5.16 Å². The molecule has 1 fully saturated rings. The van der Waals surface area contributed by atoms with Crippen LogP contribution in [0.1, 0.15) is 39.5 Å². The second-order valence-electron chi connectivity index (χ2n) is 3.63.